The molecule has 0 atom stereocenters. The van der Waals surface area contributed by atoms with Crippen molar-refractivity contribution in [2.45, 2.75) is 13.1 Å². The molecule has 0 saturated carbocycles. The van der Waals surface area contributed by atoms with E-state index in [0.717, 1.165) is 16.9 Å². The Morgan fingerprint density at radius 2 is 1.69 bits per heavy atom. The molecule has 6 nitrogen and oxygen atoms in total. The molecule has 1 amide bonds. The van der Waals surface area contributed by atoms with Gasteiger partial charge >= 0.3 is 0 Å². The van der Waals surface area contributed by atoms with E-state index in [-0.39, 0.29) is 18.0 Å². The lowest BCUT2D eigenvalue weighted by Crippen LogP contribution is -2.30. The van der Waals surface area contributed by atoms with Gasteiger partial charge in [0.05, 0.1) is 24.6 Å². The fourth-order valence-corrected chi connectivity index (χ4v) is 3.39. The number of methoxy groups -OCH3 is 1. The molecule has 160 valence electrons. The molecule has 0 aliphatic rings. The lowest BCUT2D eigenvalue weighted by atomic mass is 10.2. The first kappa shape index (κ1) is 21.1. The van der Waals surface area contributed by atoms with Crippen molar-refractivity contribution in [2.75, 3.05) is 7.11 Å². The summed E-state index contributed by atoms with van der Waals surface area (Å²) in [6, 6.07) is 24.3. The van der Waals surface area contributed by atoms with E-state index in [1.807, 2.05) is 60.7 Å². The number of ether oxygens (including phenoxy) is 1. The number of nitrogens with zero attached hydrogens (tertiary/aromatic N) is 2. The zero-order chi connectivity index (χ0) is 22.3. The van der Waals surface area contributed by atoms with E-state index in [9.17, 15) is 9.59 Å². The summed E-state index contributed by atoms with van der Waals surface area (Å²) < 4.78 is 5.17. The number of nitrogens with one attached hydrogen (secondary N) is 1. The van der Waals surface area contributed by atoms with Crippen LogP contribution in [0.5, 0.6) is 5.75 Å². The predicted molar refractivity (Wildman–Crippen MR) is 125 cm³/mol. The molecular formula is C26H23N3O3. The Kier molecular flexibility index (Phi) is 6.41. The maximum absolute atomic E-state index is 13.1. The van der Waals surface area contributed by atoms with Gasteiger partial charge in [0.25, 0.3) is 5.56 Å². The molecule has 4 aromatic rings. The monoisotopic (exact) mass is 425 g/mol. The van der Waals surface area contributed by atoms with Gasteiger partial charge in [-0.2, -0.15) is 0 Å². The number of rotatable bonds is 7. The van der Waals surface area contributed by atoms with Crippen molar-refractivity contribution in [1.29, 1.82) is 0 Å². The third kappa shape index (κ3) is 5.10. The highest BCUT2D eigenvalue weighted by molar-refractivity contribution is 5.91. The summed E-state index contributed by atoms with van der Waals surface area (Å²) in [5, 5.41) is 0.525. The number of benzene rings is 3. The van der Waals surface area contributed by atoms with Gasteiger partial charge in [-0.05, 0) is 41.5 Å². The minimum Gasteiger partial charge on any atom is -0.497 e. The molecule has 1 aromatic heterocycles. The maximum atomic E-state index is 13.1. The van der Waals surface area contributed by atoms with Crippen LogP contribution in [-0.4, -0.2) is 27.9 Å². The number of aromatic amines is 1. The molecule has 0 radical (unpaired) electrons. The highest BCUT2D eigenvalue weighted by atomic mass is 16.5. The lowest BCUT2D eigenvalue weighted by Gasteiger charge is -2.21. The summed E-state index contributed by atoms with van der Waals surface area (Å²) in [5.74, 6) is 1.02. The van der Waals surface area contributed by atoms with Gasteiger partial charge in [-0.3, -0.25) is 9.59 Å². The van der Waals surface area contributed by atoms with E-state index >= 15 is 0 Å². The fourth-order valence-electron chi connectivity index (χ4n) is 3.39. The number of para-hydroxylation sites is 1. The normalized spacial score (nSPS) is 11.0. The van der Waals surface area contributed by atoms with Crippen LogP contribution < -0.4 is 10.3 Å². The summed E-state index contributed by atoms with van der Waals surface area (Å²) in [6.45, 7) is 0.573. The Bertz CT molecular complexity index is 1300. The number of aromatic nitrogens is 2. The molecule has 4 rings (SSSR count). The second-order valence-corrected chi connectivity index (χ2v) is 7.32. The second kappa shape index (κ2) is 9.75. The fraction of sp³-hybridized carbons (Fsp3) is 0.115. The van der Waals surface area contributed by atoms with E-state index in [0.29, 0.717) is 23.3 Å². The summed E-state index contributed by atoms with van der Waals surface area (Å²) in [5.41, 5.74) is 2.26. The number of carbonyl (C=O) groups excluding carboxylic acids is 1. The Morgan fingerprint density at radius 3 is 2.44 bits per heavy atom. The lowest BCUT2D eigenvalue weighted by molar-refractivity contribution is -0.127. The number of fused-ring (bicyclic) bond motifs is 1. The minimum atomic E-state index is -0.216. The van der Waals surface area contributed by atoms with Crippen molar-refractivity contribution in [2.24, 2.45) is 0 Å². The van der Waals surface area contributed by atoms with Crippen molar-refractivity contribution in [3.05, 3.63) is 112 Å². The molecule has 1 heterocycles. The molecule has 0 bridgehead atoms. The Hall–Kier alpha value is -4.19. The van der Waals surface area contributed by atoms with Gasteiger partial charge < -0.3 is 14.6 Å². The van der Waals surface area contributed by atoms with Crippen molar-refractivity contribution in [3.8, 4) is 5.75 Å². The van der Waals surface area contributed by atoms with Crippen LogP contribution in [0.2, 0.25) is 0 Å². The zero-order valence-electron chi connectivity index (χ0n) is 17.7. The topological polar surface area (TPSA) is 75.3 Å². The van der Waals surface area contributed by atoms with E-state index in [2.05, 4.69) is 9.97 Å². The van der Waals surface area contributed by atoms with Crippen LogP contribution in [0.15, 0.2) is 89.7 Å². The summed E-state index contributed by atoms with van der Waals surface area (Å²) >= 11 is 0. The zero-order valence-corrected chi connectivity index (χ0v) is 17.7. The van der Waals surface area contributed by atoms with Crippen LogP contribution in [0.1, 0.15) is 17.0 Å². The molecule has 0 aliphatic carbocycles. The van der Waals surface area contributed by atoms with Crippen LogP contribution in [0.4, 0.5) is 0 Å². The van der Waals surface area contributed by atoms with Gasteiger partial charge in [0.15, 0.2) is 0 Å². The number of carbonyl (C=O) groups is 1. The van der Waals surface area contributed by atoms with Crippen molar-refractivity contribution >= 4 is 22.9 Å². The molecule has 0 unspecified atom stereocenters. The summed E-state index contributed by atoms with van der Waals surface area (Å²) in [4.78, 5) is 34.6. The number of H-pyrrole nitrogens is 1. The average Bonchev–Trinajstić information content (AvgIpc) is 2.83. The Morgan fingerprint density at radius 1 is 0.969 bits per heavy atom. The van der Waals surface area contributed by atoms with Crippen LogP contribution in [0.3, 0.4) is 0 Å². The van der Waals surface area contributed by atoms with E-state index < -0.39 is 0 Å². The van der Waals surface area contributed by atoms with Crippen LogP contribution in [0.25, 0.3) is 17.0 Å². The van der Waals surface area contributed by atoms with Gasteiger partial charge in [-0.1, -0.05) is 54.6 Å². The second-order valence-electron chi connectivity index (χ2n) is 7.32. The van der Waals surface area contributed by atoms with E-state index in [4.69, 9.17) is 4.74 Å². The number of amides is 1. The van der Waals surface area contributed by atoms with Crippen LogP contribution >= 0.6 is 0 Å². The predicted octanol–water partition coefficient (Wildman–Crippen LogP) is 4.17. The van der Waals surface area contributed by atoms with Gasteiger partial charge in [0.2, 0.25) is 5.91 Å². The van der Waals surface area contributed by atoms with Gasteiger partial charge in [-0.15, -0.1) is 0 Å². The molecule has 0 fully saturated rings. The van der Waals surface area contributed by atoms with E-state index in [1.165, 1.54) is 6.08 Å². The first-order valence-corrected chi connectivity index (χ1v) is 10.3. The molecule has 32 heavy (non-hydrogen) atoms. The highest BCUT2D eigenvalue weighted by Gasteiger charge is 2.15. The average molecular weight is 425 g/mol. The molecule has 1 N–H and O–H groups in total. The molecule has 0 saturated heterocycles. The van der Waals surface area contributed by atoms with Gasteiger partial charge in [-0.25, -0.2) is 4.98 Å². The first-order valence-electron chi connectivity index (χ1n) is 10.3. The van der Waals surface area contributed by atoms with Crippen molar-refractivity contribution in [3.63, 3.8) is 0 Å². The molecule has 6 heteroatoms. The molecule has 0 aliphatic heterocycles. The largest absolute Gasteiger partial charge is 0.497 e. The highest BCUT2D eigenvalue weighted by Crippen LogP contribution is 2.14. The van der Waals surface area contributed by atoms with Crippen LogP contribution in [0, 0.1) is 0 Å². The molecular weight excluding hydrogens is 402 g/mol. The van der Waals surface area contributed by atoms with Crippen molar-refractivity contribution < 1.29 is 9.53 Å². The standard InChI is InChI=1S/C26H23N3O3/c1-32-21-14-11-19(12-15-21)13-16-25(30)29(17-20-7-3-2-4-8-20)18-24-27-23-10-6-5-9-22(23)26(31)28-24/h2-16H,17-18H2,1H3,(H,27,28,31)/b16-13+. The minimum absolute atomic E-state index is 0.180. The third-order valence-electron chi connectivity index (χ3n) is 5.06. The molecule has 0 spiro atoms. The van der Waals surface area contributed by atoms with Gasteiger partial charge in [0.1, 0.15) is 11.6 Å². The summed E-state index contributed by atoms with van der Waals surface area (Å²) in [6.07, 6.45) is 3.29. The Labute approximate surface area is 185 Å². The maximum Gasteiger partial charge on any atom is 0.258 e. The smallest absolute Gasteiger partial charge is 0.258 e. The van der Waals surface area contributed by atoms with Gasteiger partial charge in [0, 0.05) is 12.6 Å². The number of hydrogen-bond donors (Lipinski definition) is 1. The third-order valence-corrected chi connectivity index (χ3v) is 5.06. The number of hydrogen-bond acceptors (Lipinski definition) is 4. The molecule has 3 aromatic carbocycles. The van der Waals surface area contributed by atoms with E-state index in [1.54, 1.807) is 36.3 Å². The SMILES string of the molecule is COc1ccc(/C=C/C(=O)N(Cc2ccccc2)Cc2nc3ccccc3c(=O)[nH]2)cc1. The van der Waals surface area contributed by atoms with Crippen molar-refractivity contribution in [1.82, 2.24) is 14.9 Å². The quantitative estimate of drug-likeness (QED) is 0.451. The Balaban J connectivity index is 1.60. The first-order chi connectivity index (χ1) is 15.6. The van der Waals surface area contributed by atoms with Crippen LogP contribution in [-0.2, 0) is 17.9 Å². The summed E-state index contributed by atoms with van der Waals surface area (Å²) in [7, 11) is 1.61.